The van der Waals surface area contributed by atoms with E-state index in [1.165, 1.54) is 11.3 Å². The summed E-state index contributed by atoms with van der Waals surface area (Å²) in [6.45, 7) is 1.83. The molecule has 98 valence electrons. The summed E-state index contributed by atoms with van der Waals surface area (Å²) >= 11 is 1.42. The predicted molar refractivity (Wildman–Crippen MR) is 75.3 cm³/mol. The van der Waals surface area contributed by atoms with Crippen molar-refractivity contribution in [1.82, 2.24) is 5.32 Å². The molecule has 1 heterocycles. The van der Waals surface area contributed by atoms with E-state index in [4.69, 9.17) is 5.73 Å². The van der Waals surface area contributed by atoms with E-state index < -0.39 is 6.03 Å². The van der Waals surface area contributed by atoms with E-state index in [1.54, 1.807) is 18.2 Å². The fraction of sp³-hybridized carbons (Fsp3) is 0.143. The Hall–Kier alpha value is -2.14. The van der Waals surface area contributed by atoms with Crippen molar-refractivity contribution in [2.45, 2.75) is 13.0 Å². The highest BCUT2D eigenvalue weighted by atomic mass is 32.1. The first kappa shape index (κ1) is 13.3. The molecule has 0 fully saturated rings. The summed E-state index contributed by atoms with van der Waals surface area (Å²) in [6, 6.07) is 10.1. The van der Waals surface area contributed by atoms with Crippen molar-refractivity contribution >= 4 is 23.2 Å². The van der Waals surface area contributed by atoms with Crippen LogP contribution >= 0.6 is 11.3 Å². The van der Waals surface area contributed by atoms with Gasteiger partial charge < -0.3 is 11.1 Å². The number of ketones is 1. The average Bonchev–Trinajstić information content (AvgIpc) is 2.91. The monoisotopic (exact) mass is 274 g/mol. The number of urea groups is 1. The summed E-state index contributed by atoms with van der Waals surface area (Å²) in [4.78, 5) is 23.6. The van der Waals surface area contributed by atoms with Gasteiger partial charge in [-0.3, -0.25) is 4.79 Å². The van der Waals surface area contributed by atoms with E-state index in [0.29, 0.717) is 5.56 Å². The van der Waals surface area contributed by atoms with E-state index in [-0.39, 0.29) is 11.8 Å². The molecule has 19 heavy (non-hydrogen) atoms. The molecule has 1 aromatic heterocycles. The van der Waals surface area contributed by atoms with Gasteiger partial charge in [-0.1, -0.05) is 30.3 Å². The maximum absolute atomic E-state index is 12.1. The van der Waals surface area contributed by atoms with Gasteiger partial charge in [0.15, 0.2) is 0 Å². The summed E-state index contributed by atoms with van der Waals surface area (Å²) in [7, 11) is 0. The van der Waals surface area contributed by atoms with Gasteiger partial charge in [-0.05, 0) is 23.9 Å². The number of carbonyl (C=O) groups is 2. The van der Waals surface area contributed by atoms with Crippen molar-refractivity contribution in [3.8, 4) is 0 Å². The Morgan fingerprint density at radius 3 is 2.42 bits per heavy atom. The van der Waals surface area contributed by atoms with Crippen LogP contribution in [0.2, 0.25) is 0 Å². The predicted octanol–water partition coefficient (Wildman–Crippen LogP) is 2.71. The minimum Gasteiger partial charge on any atom is -0.352 e. The molecule has 0 spiro atoms. The first-order chi connectivity index (χ1) is 9.08. The van der Waals surface area contributed by atoms with Gasteiger partial charge in [-0.15, -0.1) is 11.3 Å². The average molecular weight is 274 g/mol. The van der Waals surface area contributed by atoms with Gasteiger partial charge in [0.25, 0.3) is 0 Å². The molecule has 3 N–H and O–H groups in total. The zero-order valence-electron chi connectivity index (χ0n) is 10.4. The summed E-state index contributed by atoms with van der Waals surface area (Å²) in [5.74, 6) is 0.0112. The highest BCUT2D eigenvalue weighted by molar-refractivity contribution is 7.12. The molecule has 1 atom stereocenters. The molecule has 4 nitrogen and oxygen atoms in total. The van der Waals surface area contributed by atoms with Gasteiger partial charge in [0, 0.05) is 5.56 Å². The molecule has 2 aromatic rings. The van der Waals surface area contributed by atoms with Crippen LogP contribution in [0.15, 0.2) is 41.8 Å². The molecule has 0 aliphatic carbocycles. The Labute approximate surface area is 115 Å². The molecule has 0 bridgehead atoms. The summed E-state index contributed by atoms with van der Waals surface area (Å²) in [5.41, 5.74) is 6.61. The number of nitrogens with one attached hydrogen (secondary N) is 1. The Kier molecular flexibility index (Phi) is 3.97. The molecule has 0 saturated heterocycles. The molecule has 2 rings (SSSR count). The third-order valence-electron chi connectivity index (χ3n) is 2.78. The van der Waals surface area contributed by atoms with Gasteiger partial charge in [0.05, 0.1) is 10.9 Å². The Bertz CT molecular complexity index is 576. The number of nitrogens with two attached hydrogens (primary N) is 1. The smallest absolute Gasteiger partial charge is 0.312 e. The lowest BCUT2D eigenvalue weighted by Gasteiger charge is -2.12. The Balaban J connectivity index is 2.14. The van der Waals surface area contributed by atoms with Crippen LogP contribution in [0.1, 0.15) is 33.8 Å². The molecule has 0 aliphatic heterocycles. The standard InChI is InChI=1S/C14H14N2O2S/c1-9(16-14(15)18)10-4-6-11(7-5-10)13(17)12-3-2-8-19-12/h2-9H,1H3,(H3,15,16,18). The summed E-state index contributed by atoms with van der Waals surface area (Å²) in [5, 5.41) is 4.47. The fourth-order valence-electron chi connectivity index (χ4n) is 1.77. The molecule has 5 heteroatoms. The molecule has 1 aromatic carbocycles. The molecule has 0 saturated carbocycles. The lowest BCUT2D eigenvalue weighted by molar-refractivity contribution is 0.104. The molecular formula is C14H14N2O2S. The SMILES string of the molecule is CC(NC(N)=O)c1ccc(C(=O)c2cccs2)cc1. The molecular weight excluding hydrogens is 260 g/mol. The zero-order valence-corrected chi connectivity index (χ0v) is 11.2. The highest BCUT2D eigenvalue weighted by Gasteiger charge is 2.11. The van der Waals surface area contributed by atoms with Gasteiger partial charge in [0.2, 0.25) is 5.78 Å². The topological polar surface area (TPSA) is 72.2 Å². The van der Waals surface area contributed by atoms with Gasteiger partial charge in [0.1, 0.15) is 0 Å². The molecule has 1 unspecified atom stereocenters. The normalized spacial score (nSPS) is 11.8. The van der Waals surface area contributed by atoms with Crippen molar-refractivity contribution in [2.75, 3.05) is 0 Å². The van der Waals surface area contributed by atoms with Gasteiger partial charge in [-0.2, -0.15) is 0 Å². The summed E-state index contributed by atoms with van der Waals surface area (Å²) < 4.78 is 0. The number of hydrogen-bond acceptors (Lipinski definition) is 3. The number of thiophene rings is 1. The van der Waals surface area contributed by atoms with Crippen molar-refractivity contribution in [1.29, 1.82) is 0 Å². The first-order valence-electron chi connectivity index (χ1n) is 5.82. The van der Waals surface area contributed by atoms with E-state index >= 15 is 0 Å². The number of rotatable bonds is 4. The second-order valence-corrected chi connectivity index (χ2v) is 5.11. The van der Waals surface area contributed by atoms with Crippen LogP contribution in [0.25, 0.3) is 0 Å². The first-order valence-corrected chi connectivity index (χ1v) is 6.70. The van der Waals surface area contributed by atoms with E-state index in [1.807, 2.05) is 30.5 Å². The van der Waals surface area contributed by atoms with Crippen molar-refractivity contribution < 1.29 is 9.59 Å². The van der Waals surface area contributed by atoms with Crippen LogP contribution in [0.3, 0.4) is 0 Å². The van der Waals surface area contributed by atoms with Crippen LogP contribution in [0, 0.1) is 0 Å². The largest absolute Gasteiger partial charge is 0.352 e. The van der Waals surface area contributed by atoms with Crippen LogP contribution < -0.4 is 11.1 Å². The Morgan fingerprint density at radius 2 is 1.89 bits per heavy atom. The van der Waals surface area contributed by atoms with Crippen LogP contribution in [-0.2, 0) is 0 Å². The van der Waals surface area contributed by atoms with E-state index in [9.17, 15) is 9.59 Å². The Morgan fingerprint density at radius 1 is 1.21 bits per heavy atom. The maximum Gasteiger partial charge on any atom is 0.312 e. The minimum atomic E-state index is -0.564. The lowest BCUT2D eigenvalue weighted by Crippen LogP contribution is -2.31. The fourth-order valence-corrected chi connectivity index (χ4v) is 2.46. The van der Waals surface area contributed by atoms with E-state index in [0.717, 1.165) is 10.4 Å². The number of carbonyl (C=O) groups excluding carboxylic acids is 2. The second-order valence-electron chi connectivity index (χ2n) is 4.16. The van der Waals surface area contributed by atoms with E-state index in [2.05, 4.69) is 5.32 Å². The second kappa shape index (κ2) is 5.67. The molecule has 0 aliphatic rings. The van der Waals surface area contributed by atoms with Crippen LogP contribution in [0.4, 0.5) is 4.79 Å². The van der Waals surface area contributed by atoms with Crippen molar-refractivity contribution in [3.05, 3.63) is 57.8 Å². The van der Waals surface area contributed by atoms with Gasteiger partial charge in [-0.25, -0.2) is 4.79 Å². The third kappa shape index (κ3) is 3.20. The van der Waals surface area contributed by atoms with Crippen molar-refractivity contribution in [3.63, 3.8) is 0 Å². The highest BCUT2D eigenvalue weighted by Crippen LogP contribution is 2.18. The van der Waals surface area contributed by atoms with Crippen molar-refractivity contribution in [2.24, 2.45) is 5.73 Å². The third-order valence-corrected chi connectivity index (χ3v) is 3.65. The molecule has 2 amide bonds. The number of amides is 2. The quantitative estimate of drug-likeness (QED) is 0.841. The van der Waals surface area contributed by atoms with Crippen LogP contribution in [0.5, 0.6) is 0 Å². The summed E-state index contributed by atoms with van der Waals surface area (Å²) in [6.07, 6.45) is 0. The number of hydrogen-bond donors (Lipinski definition) is 2. The zero-order chi connectivity index (χ0) is 13.8. The number of primary amides is 1. The van der Waals surface area contributed by atoms with Crippen LogP contribution in [-0.4, -0.2) is 11.8 Å². The van der Waals surface area contributed by atoms with Gasteiger partial charge >= 0.3 is 6.03 Å². The maximum atomic E-state index is 12.1. The molecule has 0 radical (unpaired) electrons. The minimum absolute atomic E-state index is 0.0112. The lowest BCUT2D eigenvalue weighted by atomic mass is 10.0. The number of benzene rings is 1.